The molecule has 3 unspecified atom stereocenters. The van der Waals surface area contributed by atoms with Crippen molar-refractivity contribution in [2.24, 2.45) is 34.5 Å². The lowest BCUT2D eigenvalue weighted by molar-refractivity contribution is -0.240. The van der Waals surface area contributed by atoms with Crippen molar-refractivity contribution in [3.8, 4) is 0 Å². The number of aliphatic carboxylic acids is 1. The summed E-state index contributed by atoms with van der Waals surface area (Å²) in [5.41, 5.74) is -5.93. The molecule has 6 fully saturated rings. The Labute approximate surface area is 393 Å². The van der Waals surface area contributed by atoms with E-state index in [1.165, 1.54) is 35.7 Å². The summed E-state index contributed by atoms with van der Waals surface area (Å²) < 4.78 is 46.5. The van der Waals surface area contributed by atoms with Gasteiger partial charge in [0.25, 0.3) is 0 Å². The van der Waals surface area contributed by atoms with E-state index < -0.39 is 70.4 Å². The average Bonchev–Trinajstić information content (AvgIpc) is 3.89. The molecule has 2 saturated heterocycles. The molecule has 3 amide bonds. The number of thioether (sulfide) groups is 1. The number of halogens is 2. The summed E-state index contributed by atoms with van der Waals surface area (Å²) in [6.45, 7) is 7.91. The average molecular weight is 947 g/mol. The van der Waals surface area contributed by atoms with E-state index in [4.69, 9.17) is 9.47 Å². The second-order valence-corrected chi connectivity index (χ2v) is 23.0. The molecule has 2 aromatic rings. The lowest BCUT2D eigenvalue weighted by Crippen LogP contribution is -2.70. The van der Waals surface area contributed by atoms with Crippen LogP contribution < -0.4 is 5.32 Å². The van der Waals surface area contributed by atoms with Gasteiger partial charge in [-0.1, -0.05) is 69.6 Å². The predicted octanol–water partition coefficient (Wildman–Crippen LogP) is 9.19. The molecule has 2 aliphatic heterocycles. The normalized spacial score (nSPS) is 38.6. The van der Waals surface area contributed by atoms with Crippen LogP contribution in [0, 0.1) is 34.5 Å². The molecule has 5 aliphatic carbocycles. The number of amides is 3. The lowest BCUT2D eigenvalue weighted by atomic mass is 9.44. The Morgan fingerprint density at radius 2 is 1.76 bits per heavy atom. The monoisotopic (exact) mass is 946 g/mol. The minimum atomic E-state index is -2.35. The maximum Gasteiger partial charge on any atom is 0.339 e. The number of hydrogen-bond donors (Lipinski definition) is 3. The number of aliphatic hydroxyl groups is 1. The zero-order valence-corrected chi connectivity index (χ0v) is 39.5. The first-order valence-corrected chi connectivity index (χ1v) is 25.4. The fraction of sp³-hybridized carbons (Fsp3) is 0.588. The van der Waals surface area contributed by atoms with Gasteiger partial charge in [-0.05, 0) is 118 Å². The van der Waals surface area contributed by atoms with E-state index >= 15 is 8.78 Å². The quantitative estimate of drug-likeness (QED) is 0.164. The maximum absolute atomic E-state index is 17.7. The van der Waals surface area contributed by atoms with Crippen molar-refractivity contribution in [2.45, 2.75) is 155 Å². The second kappa shape index (κ2) is 17.9. The molecule has 66 heavy (non-hydrogen) atoms. The number of allylic oxidation sites excluding steroid dienone is 4. The van der Waals surface area contributed by atoms with Crippen molar-refractivity contribution in [2.75, 3.05) is 11.9 Å². The van der Waals surface area contributed by atoms with E-state index in [9.17, 15) is 34.2 Å². The highest BCUT2D eigenvalue weighted by atomic mass is 32.2. The Bertz CT molecular complexity index is 2340. The van der Waals surface area contributed by atoms with Crippen LogP contribution in [0.1, 0.15) is 110 Å². The first kappa shape index (κ1) is 47.2. The SMILES string of the molecule is CCCCC(C)SC1CC(=O)N(CC2CCC(C(=O)Nc3cccc(Sc4ccc([C@@H]5O[C@@H]6CC7[C@@H]8C[C@H](F)C9=CC(=O)C=C[C@]9(C)[C@@]8(F)[C@@H](O)C[C@]7(C)[C@]6(C(=O)O)O5)cc4)c3)CC2)C1=O. The highest BCUT2D eigenvalue weighted by molar-refractivity contribution is 8.01. The third-order valence-corrected chi connectivity index (χ3v) is 18.8. The summed E-state index contributed by atoms with van der Waals surface area (Å²) in [6, 6.07) is 14.9. The molecular weight excluding hydrogens is 887 g/mol. The van der Waals surface area contributed by atoms with Crippen molar-refractivity contribution < 1.29 is 52.4 Å². The molecule has 12 atom stereocenters. The Morgan fingerprint density at radius 3 is 2.47 bits per heavy atom. The molecule has 2 aromatic carbocycles. The molecule has 15 heteroatoms. The third-order valence-electron chi connectivity index (χ3n) is 16.4. The molecule has 0 aromatic heterocycles. The molecule has 11 nitrogen and oxygen atoms in total. The summed E-state index contributed by atoms with van der Waals surface area (Å²) in [5, 5.41) is 25.8. The van der Waals surface area contributed by atoms with Gasteiger partial charge in [0, 0.05) is 61.9 Å². The van der Waals surface area contributed by atoms with Crippen LogP contribution in [0.5, 0.6) is 0 Å². The van der Waals surface area contributed by atoms with Crippen LogP contribution in [0.15, 0.2) is 82.1 Å². The number of carboxylic acids is 1. The molecule has 4 saturated carbocycles. The van der Waals surface area contributed by atoms with Crippen LogP contribution in [0.2, 0.25) is 0 Å². The number of nitrogens with zero attached hydrogens (tertiary/aromatic N) is 1. The summed E-state index contributed by atoms with van der Waals surface area (Å²) >= 11 is 3.11. The molecule has 0 bridgehead atoms. The molecule has 0 spiro atoms. The summed E-state index contributed by atoms with van der Waals surface area (Å²) in [5.74, 6) is -3.67. The van der Waals surface area contributed by atoms with Gasteiger partial charge in [-0.2, -0.15) is 0 Å². The summed E-state index contributed by atoms with van der Waals surface area (Å²) in [6.07, 6.45) is 4.31. The van der Waals surface area contributed by atoms with Gasteiger partial charge in [0.1, 0.15) is 12.3 Å². The van der Waals surface area contributed by atoms with E-state index in [1.54, 1.807) is 30.8 Å². The number of carbonyl (C=O) groups excluding carboxylic acids is 4. The fourth-order valence-electron chi connectivity index (χ4n) is 12.8. The number of carboxylic acid groups (broad SMARTS) is 1. The first-order chi connectivity index (χ1) is 31.4. The van der Waals surface area contributed by atoms with Gasteiger partial charge in [0.15, 0.2) is 23.3 Å². The molecular formula is C51H60F2N2O9S2. The first-order valence-electron chi connectivity index (χ1n) is 23.6. The molecule has 2 heterocycles. The van der Waals surface area contributed by atoms with Gasteiger partial charge < -0.3 is 25.0 Å². The number of fused-ring (bicyclic) bond motifs is 7. The number of likely N-dealkylation sites (tertiary alicyclic amines) is 1. The predicted molar refractivity (Wildman–Crippen MR) is 246 cm³/mol. The summed E-state index contributed by atoms with van der Waals surface area (Å²) in [7, 11) is 0. The fourth-order valence-corrected chi connectivity index (χ4v) is 15.1. The van der Waals surface area contributed by atoms with Crippen molar-refractivity contribution in [3.05, 3.63) is 77.9 Å². The van der Waals surface area contributed by atoms with Crippen LogP contribution >= 0.6 is 23.5 Å². The number of nitrogens with one attached hydrogen (secondary N) is 1. The molecule has 7 aliphatic rings. The maximum atomic E-state index is 17.7. The van der Waals surface area contributed by atoms with Gasteiger partial charge in [0.2, 0.25) is 17.7 Å². The number of unbranched alkanes of at least 4 members (excludes halogenated alkanes) is 1. The smallest absolute Gasteiger partial charge is 0.339 e. The van der Waals surface area contributed by atoms with Gasteiger partial charge in [-0.25, -0.2) is 13.6 Å². The highest BCUT2D eigenvalue weighted by Crippen LogP contribution is 2.72. The molecule has 3 N–H and O–H groups in total. The number of alkyl halides is 2. The Morgan fingerprint density at radius 1 is 1.02 bits per heavy atom. The lowest BCUT2D eigenvalue weighted by Gasteiger charge is -2.62. The van der Waals surface area contributed by atoms with E-state index in [0.29, 0.717) is 35.9 Å². The van der Waals surface area contributed by atoms with Crippen LogP contribution in [-0.4, -0.2) is 91.3 Å². The van der Waals surface area contributed by atoms with E-state index in [2.05, 4.69) is 19.2 Å². The number of ether oxygens (including phenoxy) is 2. The van der Waals surface area contributed by atoms with Gasteiger partial charge in [0.05, 0.1) is 11.4 Å². The molecule has 354 valence electrons. The van der Waals surface area contributed by atoms with Crippen molar-refractivity contribution >= 4 is 58.7 Å². The number of benzene rings is 2. The number of anilines is 1. The van der Waals surface area contributed by atoms with Gasteiger partial charge in [-0.3, -0.25) is 24.1 Å². The zero-order chi connectivity index (χ0) is 46.9. The topological polar surface area (TPSA) is 160 Å². The van der Waals surface area contributed by atoms with Crippen LogP contribution in [0.3, 0.4) is 0 Å². The standard InChI is InChI=1S/C51H60F2N2O9S2/c1-5-6-8-28(2)65-40-25-43(58)55(45(40)60)27-29-11-13-30(14-12-29)44(59)54-32-9-7-10-35(21-32)66-34-17-15-31(16-18-34)46-63-42-24-36-37-23-39(52)38-22-33(56)19-20-48(38,3)50(37,53)41(57)26-49(36,4)51(42,64-46)47(61)62/h7,9-10,15-22,28-30,36-37,39-42,46,57H,5-6,8,11-14,23-27H2,1-4H3,(H,54,59)(H,61,62)/t28?,29?,30?,36?,37-,39-,40?,41-,42+,46+,48-,49-,50-,51-/m0/s1. The van der Waals surface area contributed by atoms with Crippen molar-refractivity contribution in [1.29, 1.82) is 0 Å². The molecule has 9 rings (SSSR count). The largest absolute Gasteiger partial charge is 0.479 e. The van der Waals surface area contributed by atoms with Crippen LogP contribution in [0.4, 0.5) is 14.5 Å². The summed E-state index contributed by atoms with van der Waals surface area (Å²) in [4.78, 5) is 68.3. The zero-order valence-electron chi connectivity index (χ0n) is 37.9. The Kier molecular flexibility index (Phi) is 12.8. The van der Waals surface area contributed by atoms with E-state index in [0.717, 1.165) is 48.0 Å². The number of hydrogen-bond acceptors (Lipinski definition) is 10. The number of carbonyl (C=O) groups is 5. The van der Waals surface area contributed by atoms with E-state index in [1.807, 2.05) is 36.4 Å². The van der Waals surface area contributed by atoms with Gasteiger partial charge in [-0.15, -0.1) is 11.8 Å². The van der Waals surface area contributed by atoms with Crippen molar-refractivity contribution in [3.63, 3.8) is 0 Å². The molecule has 0 radical (unpaired) electrons. The Hall–Kier alpha value is -3.89. The van der Waals surface area contributed by atoms with Crippen LogP contribution in [0.25, 0.3) is 0 Å². The van der Waals surface area contributed by atoms with Crippen molar-refractivity contribution in [1.82, 2.24) is 4.90 Å². The number of ketones is 1. The number of imide groups is 1. The minimum absolute atomic E-state index is 0.00546. The number of aliphatic hydroxyl groups excluding tert-OH is 1. The second-order valence-electron chi connectivity index (χ2n) is 20.2. The number of rotatable bonds is 13. The van der Waals surface area contributed by atoms with Gasteiger partial charge >= 0.3 is 5.97 Å². The van der Waals surface area contributed by atoms with Crippen LogP contribution in [-0.2, 0) is 33.4 Å². The minimum Gasteiger partial charge on any atom is -0.479 e. The highest BCUT2D eigenvalue weighted by Gasteiger charge is 2.80. The Balaban J connectivity index is 0.799. The third kappa shape index (κ3) is 7.80. The van der Waals surface area contributed by atoms with E-state index in [-0.39, 0.29) is 66.1 Å².